The SMILES string of the molecule is CC(=O)Oc1cccc(/C=C2\N=C(c3cccc([N+](=O)[O-])c3)OC2=O)c1. The quantitative estimate of drug-likeness (QED) is 0.275. The molecule has 0 aromatic heterocycles. The first kappa shape index (κ1) is 17.0. The van der Waals surface area contributed by atoms with Crippen LogP contribution in [0.5, 0.6) is 5.75 Å². The highest BCUT2D eigenvalue weighted by atomic mass is 16.6. The summed E-state index contributed by atoms with van der Waals surface area (Å²) in [6.45, 7) is 1.29. The molecule has 1 aliphatic rings. The Balaban J connectivity index is 1.91. The molecule has 0 saturated heterocycles. The molecule has 2 aromatic rings. The van der Waals surface area contributed by atoms with E-state index >= 15 is 0 Å². The van der Waals surface area contributed by atoms with Gasteiger partial charge in [0.15, 0.2) is 5.70 Å². The lowest BCUT2D eigenvalue weighted by atomic mass is 10.2. The first-order chi connectivity index (χ1) is 12.4. The number of hydrogen-bond donors (Lipinski definition) is 0. The standard InChI is InChI=1S/C18H12N2O6/c1-11(21)25-15-7-2-4-12(8-15)9-16-18(22)26-17(19-16)13-5-3-6-14(10-13)20(23)24/h2-10H,1H3/b16-9-. The van der Waals surface area contributed by atoms with Crippen molar-refractivity contribution in [2.24, 2.45) is 4.99 Å². The number of nitro groups is 1. The monoisotopic (exact) mass is 352 g/mol. The number of nitro benzene ring substituents is 1. The summed E-state index contributed by atoms with van der Waals surface area (Å²) in [6.07, 6.45) is 1.47. The number of esters is 2. The lowest BCUT2D eigenvalue weighted by Crippen LogP contribution is -2.05. The fraction of sp³-hybridized carbons (Fsp3) is 0.0556. The number of cyclic esters (lactones) is 1. The maximum atomic E-state index is 12.0. The molecule has 130 valence electrons. The van der Waals surface area contributed by atoms with Gasteiger partial charge in [-0.3, -0.25) is 14.9 Å². The highest BCUT2D eigenvalue weighted by Gasteiger charge is 2.25. The molecule has 1 aliphatic heterocycles. The first-order valence-corrected chi connectivity index (χ1v) is 7.48. The average Bonchev–Trinajstić information content (AvgIpc) is 2.95. The van der Waals surface area contributed by atoms with Gasteiger partial charge in [0, 0.05) is 24.6 Å². The van der Waals surface area contributed by atoms with Gasteiger partial charge in [0.2, 0.25) is 5.90 Å². The van der Waals surface area contributed by atoms with Gasteiger partial charge in [0.1, 0.15) is 5.75 Å². The molecule has 1 heterocycles. The van der Waals surface area contributed by atoms with E-state index in [-0.39, 0.29) is 17.3 Å². The molecule has 0 saturated carbocycles. The molecule has 2 aromatic carbocycles. The number of benzene rings is 2. The van der Waals surface area contributed by atoms with Gasteiger partial charge in [0.25, 0.3) is 5.69 Å². The van der Waals surface area contributed by atoms with Crippen LogP contribution in [-0.4, -0.2) is 22.8 Å². The van der Waals surface area contributed by atoms with Gasteiger partial charge in [-0.15, -0.1) is 0 Å². The van der Waals surface area contributed by atoms with Gasteiger partial charge in [-0.2, -0.15) is 0 Å². The van der Waals surface area contributed by atoms with E-state index in [4.69, 9.17) is 9.47 Å². The van der Waals surface area contributed by atoms with Gasteiger partial charge in [-0.05, 0) is 29.8 Å². The number of carbonyl (C=O) groups excluding carboxylic acids is 2. The van der Waals surface area contributed by atoms with Crippen molar-refractivity contribution < 1.29 is 24.0 Å². The molecule has 8 heteroatoms. The molecule has 3 rings (SSSR count). The average molecular weight is 352 g/mol. The van der Waals surface area contributed by atoms with E-state index in [9.17, 15) is 19.7 Å². The van der Waals surface area contributed by atoms with Crippen molar-refractivity contribution in [2.75, 3.05) is 0 Å². The molecule has 0 radical (unpaired) electrons. The lowest BCUT2D eigenvalue weighted by Gasteiger charge is -2.01. The topological polar surface area (TPSA) is 108 Å². The summed E-state index contributed by atoms with van der Waals surface area (Å²) in [7, 11) is 0. The molecule has 0 amide bonds. The minimum atomic E-state index is -0.676. The Labute approximate surface area is 147 Å². The normalized spacial score (nSPS) is 14.7. The number of aliphatic imine (C=N–C) groups is 1. The van der Waals surface area contributed by atoms with E-state index < -0.39 is 16.9 Å². The fourth-order valence-electron chi connectivity index (χ4n) is 2.28. The van der Waals surface area contributed by atoms with Gasteiger partial charge in [-0.25, -0.2) is 9.79 Å². The van der Waals surface area contributed by atoms with Crippen molar-refractivity contribution in [1.82, 2.24) is 0 Å². The number of carbonyl (C=O) groups is 2. The molecule has 0 fully saturated rings. The second-order valence-corrected chi connectivity index (χ2v) is 5.31. The van der Waals surface area contributed by atoms with Crippen LogP contribution in [0, 0.1) is 10.1 Å². The third-order valence-corrected chi connectivity index (χ3v) is 3.35. The zero-order valence-electron chi connectivity index (χ0n) is 13.5. The van der Waals surface area contributed by atoms with Crippen LogP contribution in [0.2, 0.25) is 0 Å². The summed E-state index contributed by atoms with van der Waals surface area (Å²) in [6, 6.07) is 12.2. The molecular weight excluding hydrogens is 340 g/mol. The van der Waals surface area contributed by atoms with Crippen molar-refractivity contribution in [2.45, 2.75) is 6.92 Å². The van der Waals surface area contributed by atoms with Gasteiger partial charge in [-0.1, -0.05) is 18.2 Å². The highest BCUT2D eigenvalue weighted by Crippen LogP contribution is 2.23. The molecule has 0 unspecified atom stereocenters. The van der Waals surface area contributed by atoms with E-state index in [2.05, 4.69) is 4.99 Å². The van der Waals surface area contributed by atoms with Crippen molar-refractivity contribution in [3.63, 3.8) is 0 Å². The minimum absolute atomic E-state index is 0.0129. The smallest absolute Gasteiger partial charge is 0.363 e. The van der Waals surface area contributed by atoms with Crippen LogP contribution < -0.4 is 4.74 Å². The summed E-state index contributed by atoms with van der Waals surface area (Å²) in [5.74, 6) is -0.812. The van der Waals surface area contributed by atoms with Crippen LogP contribution in [-0.2, 0) is 14.3 Å². The Morgan fingerprint density at radius 1 is 1.23 bits per heavy atom. The van der Waals surface area contributed by atoms with E-state index in [1.54, 1.807) is 30.3 Å². The number of non-ortho nitro benzene ring substituents is 1. The summed E-state index contributed by atoms with van der Waals surface area (Å²) in [4.78, 5) is 37.4. The number of hydrogen-bond acceptors (Lipinski definition) is 7. The third kappa shape index (κ3) is 3.81. The molecule has 0 spiro atoms. The van der Waals surface area contributed by atoms with Gasteiger partial charge in [0.05, 0.1) is 4.92 Å². The summed E-state index contributed by atoms with van der Waals surface area (Å²) in [5.41, 5.74) is 0.809. The van der Waals surface area contributed by atoms with Crippen molar-refractivity contribution in [3.05, 3.63) is 75.5 Å². The first-order valence-electron chi connectivity index (χ1n) is 7.48. The summed E-state index contributed by atoms with van der Waals surface area (Å²) in [5, 5.41) is 10.9. The molecule has 0 N–H and O–H groups in total. The van der Waals surface area contributed by atoms with E-state index in [1.807, 2.05) is 0 Å². The Morgan fingerprint density at radius 2 is 2.00 bits per heavy atom. The van der Waals surface area contributed by atoms with Crippen molar-refractivity contribution in [1.29, 1.82) is 0 Å². The minimum Gasteiger partial charge on any atom is -0.427 e. The molecule has 8 nitrogen and oxygen atoms in total. The van der Waals surface area contributed by atoms with Crippen LogP contribution in [0.15, 0.2) is 59.2 Å². The summed E-state index contributed by atoms with van der Waals surface area (Å²) < 4.78 is 10.1. The van der Waals surface area contributed by atoms with Gasteiger partial charge >= 0.3 is 11.9 Å². The van der Waals surface area contributed by atoms with E-state index in [1.165, 1.54) is 31.2 Å². The Hall–Kier alpha value is -3.81. The number of ether oxygens (including phenoxy) is 2. The van der Waals surface area contributed by atoms with Crippen molar-refractivity contribution >= 4 is 29.6 Å². The van der Waals surface area contributed by atoms with Crippen LogP contribution in [0.3, 0.4) is 0 Å². The Morgan fingerprint density at radius 3 is 2.73 bits per heavy atom. The number of rotatable bonds is 4. The third-order valence-electron chi connectivity index (χ3n) is 3.35. The Kier molecular flexibility index (Phi) is 4.57. The summed E-state index contributed by atoms with van der Waals surface area (Å²) >= 11 is 0. The predicted molar refractivity (Wildman–Crippen MR) is 91.5 cm³/mol. The zero-order valence-corrected chi connectivity index (χ0v) is 13.5. The maximum absolute atomic E-state index is 12.0. The second-order valence-electron chi connectivity index (χ2n) is 5.31. The molecular formula is C18H12N2O6. The van der Waals surface area contributed by atoms with Crippen LogP contribution >= 0.6 is 0 Å². The number of nitrogens with zero attached hydrogens (tertiary/aromatic N) is 2. The van der Waals surface area contributed by atoms with Crippen molar-refractivity contribution in [3.8, 4) is 5.75 Å². The van der Waals surface area contributed by atoms with Crippen LogP contribution in [0.25, 0.3) is 6.08 Å². The highest BCUT2D eigenvalue weighted by molar-refractivity contribution is 6.13. The lowest BCUT2D eigenvalue weighted by molar-refractivity contribution is -0.384. The maximum Gasteiger partial charge on any atom is 0.363 e. The molecule has 0 bridgehead atoms. The van der Waals surface area contributed by atoms with E-state index in [0.29, 0.717) is 16.9 Å². The predicted octanol–water partition coefficient (Wildman–Crippen LogP) is 2.86. The largest absolute Gasteiger partial charge is 0.427 e. The van der Waals surface area contributed by atoms with Crippen LogP contribution in [0.4, 0.5) is 5.69 Å². The van der Waals surface area contributed by atoms with Crippen LogP contribution in [0.1, 0.15) is 18.1 Å². The Bertz CT molecular complexity index is 977. The van der Waals surface area contributed by atoms with Gasteiger partial charge < -0.3 is 9.47 Å². The molecule has 26 heavy (non-hydrogen) atoms. The second kappa shape index (κ2) is 6.98. The molecule has 0 aliphatic carbocycles. The van der Waals surface area contributed by atoms with E-state index in [0.717, 1.165) is 0 Å². The zero-order chi connectivity index (χ0) is 18.7. The fourth-order valence-corrected chi connectivity index (χ4v) is 2.28. The molecule has 0 atom stereocenters.